The van der Waals surface area contributed by atoms with Crippen molar-refractivity contribution in [2.75, 3.05) is 36.5 Å². The van der Waals surface area contributed by atoms with E-state index in [0.717, 1.165) is 11.3 Å². The van der Waals surface area contributed by atoms with Gasteiger partial charge in [0.25, 0.3) is 5.91 Å². The Balaban J connectivity index is 0.00000245. The van der Waals surface area contributed by atoms with E-state index < -0.39 is 0 Å². The number of hydrogen-bond acceptors (Lipinski definition) is 7. The summed E-state index contributed by atoms with van der Waals surface area (Å²) in [6.45, 7) is 2.63. The topological polar surface area (TPSA) is 125 Å². The summed E-state index contributed by atoms with van der Waals surface area (Å²) in [5.74, 6) is 0.702. The number of rotatable bonds is 4. The smallest absolute Gasteiger partial charge is 0.276 e. The molecule has 32 heavy (non-hydrogen) atoms. The first-order valence-electron chi connectivity index (χ1n) is 9.87. The van der Waals surface area contributed by atoms with Crippen molar-refractivity contribution in [2.24, 2.45) is 7.05 Å². The van der Waals surface area contributed by atoms with Crippen LogP contribution in [0, 0.1) is 0 Å². The number of aromatic nitrogens is 5. The largest absolute Gasteiger partial charge is 0.378 e. The average Bonchev–Trinajstić information content (AvgIpc) is 3.37. The molecule has 1 amide bonds. The fourth-order valence-corrected chi connectivity index (χ4v) is 3.86. The Morgan fingerprint density at radius 3 is 2.59 bits per heavy atom. The molecule has 5 rings (SSSR count). The van der Waals surface area contributed by atoms with Gasteiger partial charge in [0.15, 0.2) is 0 Å². The standard InChI is InChI=1S/C21H20ClN7O2.H3N/c1-27-19(15(22)12-23-27)20(30)25-17-11-18-24-16(14-5-3-2-4-6-14)13-29(18)21(26-17)28-7-9-31-10-8-28;/h2-6,11-13H,7-10H2,1H3,(H,25,30);1H3. The number of fused-ring (bicyclic) bond motifs is 1. The van der Waals surface area contributed by atoms with Crippen LogP contribution < -0.4 is 16.4 Å². The summed E-state index contributed by atoms with van der Waals surface area (Å²) in [5, 5.41) is 7.14. The van der Waals surface area contributed by atoms with Gasteiger partial charge in [-0.1, -0.05) is 41.9 Å². The molecule has 0 radical (unpaired) electrons. The summed E-state index contributed by atoms with van der Waals surface area (Å²) in [4.78, 5) is 24.4. The molecule has 11 heteroatoms. The third kappa shape index (κ3) is 4.03. The number of imidazole rings is 1. The molecule has 0 atom stereocenters. The number of hydrogen-bond donors (Lipinski definition) is 2. The summed E-state index contributed by atoms with van der Waals surface area (Å²) in [7, 11) is 1.66. The van der Waals surface area contributed by atoms with Crippen molar-refractivity contribution in [1.82, 2.24) is 30.3 Å². The SMILES string of the molecule is Cn1ncc(Cl)c1C(=O)Nc1cc2nc(-c3ccccc3)cn2c(N2CCOCC2)n1.N. The van der Waals surface area contributed by atoms with Crippen molar-refractivity contribution < 1.29 is 9.53 Å². The Kier molecular flexibility index (Phi) is 6.08. The van der Waals surface area contributed by atoms with E-state index in [-0.39, 0.29) is 22.8 Å². The van der Waals surface area contributed by atoms with Crippen LogP contribution >= 0.6 is 11.6 Å². The Bertz CT molecular complexity index is 1230. The number of morpholine rings is 1. The number of aryl methyl sites for hydroxylation is 1. The van der Waals surface area contributed by atoms with Crippen LogP contribution in [-0.4, -0.2) is 56.4 Å². The Morgan fingerprint density at radius 2 is 1.91 bits per heavy atom. The summed E-state index contributed by atoms with van der Waals surface area (Å²) in [5.41, 5.74) is 2.78. The van der Waals surface area contributed by atoms with Gasteiger partial charge >= 0.3 is 0 Å². The first-order chi connectivity index (χ1) is 15.1. The Labute approximate surface area is 189 Å². The lowest BCUT2D eigenvalue weighted by Gasteiger charge is -2.28. The van der Waals surface area contributed by atoms with Crippen LogP contribution in [0.4, 0.5) is 11.8 Å². The zero-order valence-electron chi connectivity index (χ0n) is 17.5. The van der Waals surface area contributed by atoms with Gasteiger partial charge in [-0.3, -0.25) is 13.9 Å². The zero-order valence-corrected chi connectivity index (χ0v) is 18.3. The highest BCUT2D eigenvalue weighted by molar-refractivity contribution is 6.34. The lowest BCUT2D eigenvalue weighted by Crippen LogP contribution is -2.38. The van der Waals surface area contributed by atoms with Crippen LogP contribution in [0.1, 0.15) is 10.5 Å². The Morgan fingerprint density at radius 1 is 1.16 bits per heavy atom. The van der Waals surface area contributed by atoms with Crippen LogP contribution in [0.2, 0.25) is 5.02 Å². The van der Waals surface area contributed by atoms with E-state index in [0.29, 0.717) is 43.7 Å². The number of carbonyl (C=O) groups excluding carboxylic acids is 1. The quantitative estimate of drug-likeness (QED) is 0.485. The van der Waals surface area contributed by atoms with Gasteiger partial charge in [0.1, 0.15) is 17.2 Å². The van der Waals surface area contributed by atoms with E-state index in [9.17, 15) is 4.79 Å². The number of carbonyl (C=O) groups is 1. The second kappa shape index (κ2) is 8.95. The highest BCUT2D eigenvalue weighted by atomic mass is 35.5. The molecular formula is C21H23ClN8O2. The molecule has 4 N–H and O–H groups in total. The fourth-order valence-electron chi connectivity index (χ4n) is 3.61. The number of benzene rings is 1. The summed E-state index contributed by atoms with van der Waals surface area (Å²) in [6, 6.07) is 11.7. The monoisotopic (exact) mass is 454 g/mol. The molecule has 1 saturated heterocycles. The molecule has 0 spiro atoms. The van der Waals surface area contributed by atoms with E-state index >= 15 is 0 Å². The fraction of sp³-hybridized carbons (Fsp3) is 0.238. The number of nitrogens with one attached hydrogen (secondary N) is 1. The zero-order chi connectivity index (χ0) is 21.4. The molecule has 0 aliphatic carbocycles. The van der Waals surface area contributed by atoms with Crippen LogP contribution in [0.3, 0.4) is 0 Å². The van der Waals surface area contributed by atoms with Gasteiger partial charge in [0.2, 0.25) is 5.95 Å². The molecule has 166 valence electrons. The van der Waals surface area contributed by atoms with Crippen molar-refractivity contribution in [3.63, 3.8) is 0 Å². The third-order valence-electron chi connectivity index (χ3n) is 5.15. The predicted octanol–water partition coefficient (Wildman–Crippen LogP) is 3.03. The van der Waals surface area contributed by atoms with Gasteiger partial charge in [-0.25, -0.2) is 4.98 Å². The van der Waals surface area contributed by atoms with Crippen LogP contribution in [0.25, 0.3) is 16.9 Å². The van der Waals surface area contributed by atoms with Gasteiger partial charge in [-0.2, -0.15) is 10.1 Å². The van der Waals surface area contributed by atoms with Gasteiger partial charge in [0.05, 0.1) is 30.1 Å². The summed E-state index contributed by atoms with van der Waals surface area (Å²) < 4.78 is 8.87. The molecule has 1 aliphatic heterocycles. The van der Waals surface area contributed by atoms with Crippen LogP contribution in [0.15, 0.2) is 48.8 Å². The van der Waals surface area contributed by atoms with Gasteiger partial charge in [-0.15, -0.1) is 0 Å². The highest BCUT2D eigenvalue weighted by Crippen LogP contribution is 2.25. The van der Waals surface area contributed by atoms with E-state index in [1.807, 2.05) is 40.9 Å². The molecule has 0 bridgehead atoms. The van der Waals surface area contributed by atoms with Crippen molar-refractivity contribution in [3.05, 3.63) is 59.5 Å². The number of halogens is 1. The Hall–Kier alpha value is -3.47. The molecule has 1 aliphatic rings. The number of ether oxygens (including phenoxy) is 1. The molecule has 0 unspecified atom stereocenters. The summed E-state index contributed by atoms with van der Waals surface area (Å²) >= 11 is 6.12. The number of anilines is 2. The van der Waals surface area contributed by atoms with E-state index in [1.165, 1.54) is 10.9 Å². The van der Waals surface area contributed by atoms with Crippen molar-refractivity contribution in [3.8, 4) is 11.3 Å². The highest BCUT2D eigenvalue weighted by Gasteiger charge is 2.21. The molecule has 4 heterocycles. The van der Waals surface area contributed by atoms with Gasteiger partial charge < -0.3 is 21.1 Å². The third-order valence-corrected chi connectivity index (χ3v) is 5.43. The van der Waals surface area contributed by atoms with Crippen molar-refractivity contribution in [2.45, 2.75) is 0 Å². The normalized spacial score (nSPS) is 13.8. The minimum Gasteiger partial charge on any atom is -0.378 e. The number of amides is 1. The second-order valence-electron chi connectivity index (χ2n) is 7.18. The lowest BCUT2D eigenvalue weighted by molar-refractivity contribution is 0.101. The van der Waals surface area contributed by atoms with Gasteiger partial charge in [0, 0.05) is 38.0 Å². The lowest BCUT2D eigenvalue weighted by atomic mass is 10.2. The van der Waals surface area contributed by atoms with Gasteiger partial charge in [-0.05, 0) is 0 Å². The van der Waals surface area contributed by atoms with E-state index in [1.54, 1.807) is 13.1 Å². The molecule has 1 fully saturated rings. The van der Waals surface area contributed by atoms with Crippen molar-refractivity contribution >= 4 is 34.9 Å². The van der Waals surface area contributed by atoms with Crippen LogP contribution in [0.5, 0.6) is 0 Å². The predicted molar refractivity (Wildman–Crippen MR) is 123 cm³/mol. The molecular weight excluding hydrogens is 432 g/mol. The summed E-state index contributed by atoms with van der Waals surface area (Å²) in [6.07, 6.45) is 3.40. The molecule has 1 aromatic carbocycles. The molecule has 0 saturated carbocycles. The maximum atomic E-state index is 12.8. The van der Waals surface area contributed by atoms with E-state index in [2.05, 4.69) is 15.3 Å². The molecule has 4 aromatic rings. The first kappa shape index (κ1) is 21.8. The average molecular weight is 455 g/mol. The van der Waals surface area contributed by atoms with Crippen molar-refractivity contribution in [1.29, 1.82) is 0 Å². The minimum atomic E-state index is -0.385. The maximum absolute atomic E-state index is 12.8. The molecule has 3 aromatic heterocycles. The second-order valence-corrected chi connectivity index (χ2v) is 7.59. The maximum Gasteiger partial charge on any atom is 0.276 e. The molecule has 10 nitrogen and oxygen atoms in total. The minimum absolute atomic E-state index is 0. The van der Waals surface area contributed by atoms with E-state index in [4.69, 9.17) is 26.3 Å². The number of nitrogens with zero attached hydrogens (tertiary/aromatic N) is 6. The van der Waals surface area contributed by atoms with Crippen LogP contribution in [-0.2, 0) is 11.8 Å². The first-order valence-corrected chi connectivity index (χ1v) is 10.2.